The minimum absolute atomic E-state index is 0.00683. The van der Waals surface area contributed by atoms with Crippen molar-refractivity contribution in [2.75, 3.05) is 4.90 Å². The Hall–Kier alpha value is -12.0. The summed E-state index contributed by atoms with van der Waals surface area (Å²) >= 11 is 0. The van der Waals surface area contributed by atoms with Crippen LogP contribution in [0.1, 0.15) is 67.8 Å². The molecule has 0 amide bonds. The van der Waals surface area contributed by atoms with E-state index in [9.17, 15) is 14.9 Å². The van der Waals surface area contributed by atoms with Gasteiger partial charge < -0.3 is 14.0 Å². The molecule has 4 nitrogen and oxygen atoms in total. The number of para-hydroxylation sites is 2. The summed E-state index contributed by atoms with van der Waals surface area (Å²) in [4.78, 5) is 2.45. The molecule has 0 radical (unpaired) electrons. The summed E-state index contributed by atoms with van der Waals surface area (Å²) in [7, 11) is 0. The highest BCUT2D eigenvalue weighted by atomic mass is 15.2. The van der Waals surface area contributed by atoms with Crippen LogP contribution in [0.2, 0.25) is 0 Å². The molecule has 464 valence electrons. The lowest BCUT2D eigenvalue weighted by molar-refractivity contribution is 0.590. The van der Waals surface area contributed by atoms with Crippen molar-refractivity contribution in [3.05, 3.63) is 326 Å². The van der Waals surface area contributed by atoms with Crippen molar-refractivity contribution in [2.24, 2.45) is 0 Å². The van der Waals surface area contributed by atoms with Crippen LogP contribution in [0.5, 0.6) is 0 Å². The summed E-state index contributed by atoms with van der Waals surface area (Å²) in [5.41, 5.74) is 20.2. The van der Waals surface area contributed by atoms with E-state index in [2.05, 4.69) is 300 Å². The van der Waals surface area contributed by atoms with Gasteiger partial charge in [-0.1, -0.05) is 284 Å². The van der Waals surface area contributed by atoms with Crippen LogP contribution in [0.4, 0.5) is 17.1 Å². The van der Waals surface area contributed by atoms with Crippen LogP contribution in [-0.4, -0.2) is 15.8 Å². The zero-order valence-electron chi connectivity index (χ0n) is 62.3. The first-order valence-corrected chi connectivity index (χ1v) is 33.7. The minimum atomic E-state index is -0.532. The number of aromatic nitrogens is 2. The molecule has 0 aliphatic carbocycles. The Bertz CT molecular complexity index is 6460. The molecule has 4 heterocycles. The summed E-state index contributed by atoms with van der Waals surface area (Å²) in [6.07, 6.45) is 0. The van der Waals surface area contributed by atoms with E-state index in [0.29, 0.717) is 5.69 Å². The predicted octanol–water partition coefficient (Wildman–Crippen LogP) is 22.7. The fraction of sp³-hybridized carbons (Fsp3) is 0.0860. The van der Waals surface area contributed by atoms with Crippen LogP contribution in [0.15, 0.2) is 309 Å². The topological polar surface area (TPSA) is 36.9 Å². The lowest BCUT2D eigenvalue weighted by atomic mass is 9.33. The van der Waals surface area contributed by atoms with Gasteiger partial charge in [-0.25, -0.2) is 0 Å². The molecule has 0 N–H and O–H groups in total. The average Bonchev–Trinajstić information content (AvgIpc) is 1.66. The Morgan fingerprint density at radius 1 is 0.357 bits per heavy atom. The molecule has 0 bridgehead atoms. The fourth-order valence-corrected chi connectivity index (χ4v) is 15.6. The van der Waals surface area contributed by atoms with Gasteiger partial charge in [-0.2, -0.15) is 5.26 Å². The van der Waals surface area contributed by atoms with Crippen LogP contribution in [-0.2, 0) is 10.8 Å². The third-order valence-corrected chi connectivity index (χ3v) is 20.3. The highest BCUT2D eigenvalue weighted by Gasteiger charge is 2.44. The van der Waals surface area contributed by atoms with Gasteiger partial charge >= 0.3 is 0 Å². The van der Waals surface area contributed by atoms with E-state index < -0.39 is 49.0 Å². The monoisotopic (exact) mass is 1260 g/mol. The smallest absolute Gasteiger partial charge is 0.252 e. The fourth-order valence-electron chi connectivity index (χ4n) is 15.6. The largest absolute Gasteiger partial charge is 0.310 e. The number of nitriles is 1. The molecule has 2 aliphatic heterocycles. The van der Waals surface area contributed by atoms with Crippen molar-refractivity contribution in [1.82, 2.24) is 9.13 Å². The molecule has 5 heteroatoms. The molecule has 0 saturated heterocycles. The molecule has 0 atom stereocenters. The SMILES string of the molecule is [2H]c1c([2H])c([2H])c2c(c1[2H])c1c([2H])c(C#N)c([2H])c([2H])c1n2-c1cc2c3c(c1)-n1c4ccccc4c4ccccc4c4ccccc4c4cc(-c5ccc(C(C)(C)C)cc5)cc(c41)B3c1ccc(-c3cccc(C(C)(C)C)c3)cc1N2c1c(-c2ccccc2)cc(-c2ccccc2)cc1-c1ccccc1. The van der Waals surface area contributed by atoms with Crippen molar-refractivity contribution in [3.63, 3.8) is 0 Å². The third-order valence-electron chi connectivity index (χ3n) is 20.3. The van der Waals surface area contributed by atoms with Gasteiger partial charge in [-0.05, 0) is 171 Å². The van der Waals surface area contributed by atoms with E-state index in [-0.39, 0.29) is 38.2 Å². The van der Waals surface area contributed by atoms with Crippen LogP contribution in [0, 0.1) is 11.3 Å². The standard InChI is InChI=1S/C93H69BN4/c1-92(2,3)68-45-42-61(43-46-68)67-53-80-74-36-19-17-34-72(74)71-33-16-18-35-73(71)75-37-20-23-40-84(75)97-87-56-70(96-83-39-22-21-38-76(83)79-49-59(58-95)41-48-85(79)96)57-88-89(87)94(82(54-67)91(80)97)81-47-44-65(64-31-24-32-69(50-64)93(4,5)6)55-86(81)98(88)90-77(62-27-12-8-13-28-62)51-66(60-25-10-7-11-26-60)52-78(90)63-29-14-9-15-30-63/h7-57H,1-6H3/i21D,22D,38D,39D,41D,48D,49D. The van der Waals surface area contributed by atoms with Crippen LogP contribution in [0.25, 0.3) is 132 Å². The second-order valence-corrected chi connectivity index (χ2v) is 28.2. The van der Waals surface area contributed by atoms with Crippen LogP contribution >= 0.6 is 0 Å². The first-order chi connectivity index (χ1) is 50.8. The number of fused-ring (bicyclic) bond motifs is 14. The van der Waals surface area contributed by atoms with Gasteiger partial charge in [0, 0.05) is 55.3 Å². The van der Waals surface area contributed by atoms with E-state index in [0.717, 1.165) is 138 Å². The molecule has 18 rings (SSSR count). The molecule has 2 aromatic heterocycles. The molecule has 98 heavy (non-hydrogen) atoms. The van der Waals surface area contributed by atoms with Gasteiger partial charge in [0.1, 0.15) is 0 Å². The van der Waals surface area contributed by atoms with E-state index in [1.807, 2.05) is 24.3 Å². The van der Waals surface area contributed by atoms with E-state index in [1.54, 1.807) is 4.57 Å². The highest BCUT2D eigenvalue weighted by Crippen LogP contribution is 2.52. The quantitative estimate of drug-likeness (QED) is 0.149. The number of rotatable bonds is 7. The molecular formula is C93H69BN4. The Morgan fingerprint density at radius 3 is 1.54 bits per heavy atom. The van der Waals surface area contributed by atoms with Gasteiger partial charge in [-0.3, -0.25) is 0 Å². The Kier molecular flexibility index (Phi) is 11.8. The maximum Gasteiger partial charge on any atom is 0.252 e. The first kappa shape index (κ1) is 51.4. The Balaban J connectivity index is 1.13. The molecule has 14 aromatic carbocycles. The van der Waals surface area contributed by atoms with Gasteiger partial charge in [0.05, 0.1) is 49.2 Å². The molecule has 0 saturated carbocycles. The summed E-state index contributed by atoms with van der Waals surface area (Å²) in [5.74, 6) is 0. The number of hydrogen-bond donors (Lipinski definition) is 0. The minimum Gasteiger partial charge on any atom is -0.310 e. The molecule has 2 aliphatic rings. The predicted molar refractivity (Wildman–Crippen MR) is 416 cm³/mol. The maximum absolute atomic E-state index is 10.8. The van der Waals surface area contributed by atoms with Gasteiger partial charge in [0.15, 0.2) is 0 Å². The molecule has 0 spiro atoms. The van der Waals surface area contributed by atoms with E-state index in [4.69, 9.17) is 0 Å². The van der Waals surface area contributed by atoms with Crippen molar-refractivity contribution >= 4 is 105 Å². The van der Waals surface area contributed by atoms with Crippen LogP contribution < -0.4 is 21.3 Å². The Morgan fingerprint density at radius 2 is 0.888 bits per heavy atom. The third kappa shape index (κ3) is 9.42. The highest BCUT2D eigenvalue weighted by molar-refractivity contribution is 7.00. The van der Waals surface area contributed by atoms with Gasteiger partial charge in [0.2, 0.25) is 0 Å². The molecule has 0 unspecified atom stereocenters. The van der Waals surface area contributed by atoms with Crippen LogP contribution in [0.3, 0.4) is 0 Å². The van der Waals surface area contributed by atoms with Crippen molar-refractivity contribution in [3.8, 4) is 73.1 Å². The lowest BCUT2D eigenvalue weighted by Gasteiger charge is -2.43. The molecular weight excluding hydrogens is 1180 g/mol. The van der Waals surface area contributed by atoms with E-state index in [1.165, 1.54) is 11.1 Å². The number of hydrogen-bond acceptors (Lipinski definition) is 2. The second-order valence-electron chi connectivity index (χ2n) is 28.2. The van der Waals surface area contributed by atoms with E-state index >= 15 is 0 Å². The lowest BCUT2D eigenvalue weighted by Crippen LogP contribution is -2.60. The summed E-state index contributed by atoms with van der Waals surface area (Å²) in [6.45, 7) is 12.9. The average molecular weight is 1260 g/mol. The van der Waals surface area contributed by atoms with Crippen molar-refractivity contribution in [1.29, 1.82) is 5.26 Å². The summed E-state index contributed by atoms with van der Waals surface area (Å²) in [6, 6.07) is 95.1. The maximum atomic E-state index is 10.8. The first-order valence-electron chi connectivity index (χ1n) is 37.2. The summed E-state index contributed by atoms with van der Waals surface area (Å²) < 4.78 is 72.5. The summed E-state index contributed by atoms with van der Waals surface area (Å²) in [5, 5.41) is 16.9. The van der Waals surface area contributed by atoms with Crippen molar-refractivity contribution in [2.45, 2.75) is 52.4 Å². The van der Waals surface area contributed by atoms with Crippen molar-refractivity contribution < 1.29 is 9.60 Å². The number of nitrogens with zero attached hydrogens (tertiary/aromatic N) is 4. The molecule has 16 aromatic rings. The normalized spacial score (nSPS) is 13.5. The molecule has 0 fully saturated rings. The van der Waals surface area contributed by atoms with Gasteiger partial charge in [-0.15, -0.1) is 0 Å². The second kappa shape index (κ2) is 22.6. The van der Waals surface area contributed by atoms with Gasteiger partial charge in [0.25, 0.3) is 6.71 Å². The number of benzene rings is 14. The Labute approximate surface area is 582 Å². The zero-order valence-corrected chi connectivity index (χ0v) is 55.3. The number of anilines is 3. The zero-order chi connectivity index (χ0) is 72.2.